The second-order valence-corrected chi connectivity index (χ2v) is 8.53. The van der Waals surface area contributed by atoms with E-state index in [1.165, 1.54) is 0 Å². The van der Waals surface area contributed by atoms with E-state index in [0.717, 1.165) is 48.9 Å². The molecule has 0 saturated carbocycles. The molecule has 2 aliphatic heterocycles. The molecule has 0 radical (unpaired) electrons. The van der Waals surface area contributed by atoms with E-state index in [2.05, 4.69) is 5.32 Å². The van der Waals surface area contributed by atoms with Gasteiger partial charge in [-0.2, -0.15) is 0 Å². The molecular weight excluding hydrogens is 398 g/mol. The van der Waals surface area contributed by atoms with Crippen LogP contribution in [0.3, 0.4) is 0 Å². The minimum absolute atomic E-state index is 0.604. The Morgan fingerprint density at radius 2 is 1.13 bits per heavy atom. The molecule has 2 aliphatic rings. The summed E-state index contributed by atoms with van der Waals surface area (Å²) >= 11 is 0. The van der Waals surface area contributed by atoms with E-state index in [9.17, 15) is 0 Å². The molecule has 0 fully saturated rings. The SMILES string of the molecule is CC1(C)Oc2cccc(OCCCNCCCOc3cccc4c3OC(C)(C)O4)c2O1. The second-order valence-electron chi connectivity index (χ2n) is 8.53. The average Bonchev–Trinajstić information content (AvgIpc) is 3.20. The van der Waals surface area contributed by atoms with Crippen molar-refractivity contribution in [1.82, 2.24) is 5.32 Å². The highest BCUT2D eigenvalue weighted by Crippen LogP contribution is 2.46. The molecule has 0 saturated heterocycles. The quantitative estimate of drug-likeness (QED) is 0.557. The van der Waals surface area contributed by atoms with E-state index in [-0.39, 0.29) is 0 Å². The number of nitrogens with one attached hydrogen (secondary N) is 1. The van der Waals surface area contributed by atoms with Crippen LogP contribution in [0.15, 0.2) is 36.4 Å². The van der Waals surface area contributed by atoms with E-state index in [0.29, 0.717) is 24.7 Å². The van der Waals surface area contributed by atoms with Crippen molar-refractivity contribution in [1.29, 1.82) is 0 Å². The van der Waals surface area contributed by atoms with Crippen molar-refractivity contribution < 1.29 is 28.4 Å². The van der Waals surface area contributed by atoms with Crippen LogP contribution in [0.2, 0.25) is 0 Å². The number of fused-ring (bicyclic) bond motifs is 2. The van der Waals surface area contributed by atoms with Crippen LogP contribution in [0.4, 0.5) is 0 Å². The smallest absolute Gasteiger partial charge is 0.246 e. The minimum atomic E-state index is -0.652. The van der Waals surface area contributed by atoms with Crippen LogP contribution < -0.4 is 33.7 Å². The van der Waals surface area contributed by atoms with Gasteiger partial charge in [0, 0.05) is 27.7 Å². The topological polar surface area (TPSA) is 67.4 Å². The van der Waals surface area contributed by atoms with Crippen LogP contribution in [-0.4, -0.2) is 37.9 Å². The summed E-state index contributed by atoms with van der Waals surface area (Å²) in [5.41, 5.74) is 0. The lowest BCUT2D eigenvalue weighted by Crippen LogP contribution is -2.29. The lowest BCUT2D eigenvalue weighted by atomic mass is 10.3. The van der Waals surface area contributed by atoms with Crippen molar-refractivity contribution >= 4 is 0 Å². The van der Waals surface area contributed by atoms with Gasteiger partial charge >= 0.3 is 0 Å². The fourth-order valence-electron chi connectivity index (χ4n) is 3.53. The van der Waals surface area contributed by atoms with Crippen molar-refractivity contribution in [2.45, 2.75) is 52.1 Å². The largest absolute Gasteiger partial charge is 0.489 e. The summed E-state index contributed by atoms with van der Waals surface area (Å²) in [5.74, 6) is 2.96. The molecular formula is C24H31NO6. The zero-order chi connectivity index (χ0) is 21.9. The Bertz CT molecular complexity index is 837. The Balaban J connectivity index is 1.10. The third-order valence-corrected chi connectivity index (χ3v) is 4.80. The van der Waals surface area contributed by atoms with E-state index in [1.54, 1.807) is 0 Å². The van der Waals surface area contributed by atoms with Gasteiger partial charge in [0.25, 0.3) is 0 Å². The molecule has 0 amide bonds. The molecule has 31 heavy (non-hydrogen) atoms. The molecule has 1 N–H and O–H groups in total. The summed E-state index contributed by atoms with van der Waals surface area (Å²) in [5, 5.41) is 3.42. The number of rotatable bonds is 10. The standard InChI is InChI=1S/C24H31NO6/c1-23(2)28-19-11-5-9-17(21(19)30-23)26-15-7-13-25-14-8-16-27-18-10-6-12-20-22(18)31-24(3,4)29-20/h5-6,9-12,25H,7-8,13-16H2,1-4H3. The summed E-state index contributed by atoms with van der Waals surface area (Å²) in [6, 6.07) is 11.4. The lowest BCUT2D eigenvalue weighted by Gasteiger charge is -2.16. The van der Waals surface area contributed by atoms with Crippen molar-refractivity contribution in [3.63, 3.8) is 0 Å². The molecule has 0 unspecified atom stereocenters. The molecule has 0 aromatic heterocycles. The van der Waals surface area contributed by atoms with Gasteiger partial charge in [-0.1, -0.05) is 12.1 Å². The van der Waals surface area contributed by atoms with Gasteiger partial charge in [-0.15, -0.1) is 0 Å². The summed E-state index contributed by atoms with van der Waals surface area (Å²) < 4.78 is 34.9. The average molecular weight is 430 g/mol. The zero-order valence-electron chi connectivity index (χ0n) is 18.7. The number of hydrogen-bond donors (Lipinski definition) is 1. The third kappa shape index (κ3) is 5.28. The van der Waals surface area contributed by atoms with Gasteiger partial charge in [0.1, 0.15) is 0 Å². The van der Waals surface area contributed by atoms with Gasteiger partial charge in [0.05, 0.1) is 13.2 Å². The first-order valence-electron chi connectivity index (χ1n) is 10.8. The molecule has 168 valence electrons. The van der Waals surface area contributed by atoms with Crippen LogP contribution in [0, 0.1) is 0 Å². The third-order valence-electron chi connectivity index (χ3n) is 4.80. The van der Waals surface area contributed by atoms with Gasteiger partial charge in [-0.25, -0.2) is 0 Å². The van der Waals surface area contributed by atoms with Crippen LogP contribution in [0.25, 0.3) is 0 Å². The molecule has 2 aromatic rings. The van der Waals surface area contributed by atoms with E-state index < -0.39 is 11.6 Å². The predicted octanol–water partition coefficient (Wildman–Crippen LogP) is 4.53. The first kappa shape index (κ1) is 21.4. The fraction of sp³-hybridized carbons (Fsp3) is 0.500. The van der Waals surface area contributed by atoms with Gasteiger partial charge in [0.2, 0.25) is 23.1 Å². The highest BCUT2D eigenvalue weighted by atomic mass is 16.7. The van der Waals surface area contributed by atoms with Gasteiger partial charge in [-0.3, -0.25) is 0 Å². The summed E-state index contributed by atoms with van der Waals surface area (Å²) in [7, 11) is 0. The van der Waals surface area contributed by atoms with Crippen molar-refractivity contribution in [3.8, 4) is 34.5 Å². The minimum Gasteiger partial charge on any atom is -0.489 e. The van der Waals surface area contributed by atoms with Gasteiger partial charge in [0.15, 0.2) is 23.0 Å². The molecule has 7 heteroatoms. The van der Waals surface area contributed by atoms with E-state index in [4.69, 9.17) is 28.4 Å². The highest BCUT2D eigenvalue weighted by molar-refractivity contribution is 5.54. The molecule has 7 nitrogen and oxygen atoms in total. The Morgan fingerprint density at radius 3 is 1.58 bits per heavy atom. The molecule has 0 spiro atoms. The summed E-state index contributed by atoms with van der Waals surface area (Å²) in [6.07, 6.45) is 1.78. The second kappa shape index (κ2) is 8.75. The molecule has 4 rings (SSSR count). The molecule has 0 aliphatic carbocycles. The molecule has 2 heterocycles. The van der Waals surface area contributed by atoms with Crippen LogP contribution >= 0.6 is 0 Å². The maximum atomic E-state index is 5.89. The Morgan fingerprint density at radius 1 is 0.677 bits per heavy atom. The Labute approximate surface area is 183 Å². The van der Waals surface area contributed by atoms with E-state index >= 15 is 0 Å². The van der Waals surface area contributed by atoms with Crippen LogP contribution in [-0.2, 0) is 0 Å². The zero-order valence-corrected chi connectivity index (χ0v) is 18.7. The Hall–Kier alpha value is -2.80. The van der Waals surface area contributed by atoms with E-state index in [1.807, 2.05) is 64.1 Å². The van der Waals surface area contributed by atoms with Gasteiger partial charge < -0.3 is 33.7 Å². The Kier molecular flexibility index (Phi) is 6.05. The van der Waals surface area contributed by atoms with Gasteiger partial charge in [-0.05, 0) is 50.2 Å². The summed E-state index contributed by atoms with van der Waals surface area (Å²) in [4.78, 5) is 0. The first-order chi connectivity index (χ1) is 14.8. The number of benzene rings is 2. The fourth-order valence-corrected chi connectivity index (χ4v) is 3.53. The molecule has 0 bridgehead atoms. The van der Waals surface area contributed by atoms with Crippen molar-refractivity contribution in [3.05, 3.63) is 36.4 Å². The number of ether oxygens (including phenoxy) is 6. The highest BCUT2D eigenvalue weighted by Gasteiger charge is 2.34. The first-order valence-corrected chi connectivity index (χ1v) is 10.8. The number of hydrogen-bond acceptors (Lipinski definition) is 7. The monoisotopic (exact) mass is 429 g/mol. The normalized spacial score (nSPS) is 16.9. The molecule has 0 atom stereocenters. The predicted molar refractivity (Wildman–Crippen MR) is 117 cm³/mol. The lowest BCUT2D eigenvalue weighted by molar-refractivity contribution is -0.0446. The number of para-hydroxylation sites is 2. The summed E-state index contributed by atoms with van der Waals surface area (Å²) in [6.45, 7) is 10.5. The maximum absolute atomic E-state index is 5.89. The van der Waals surface area contributed by atoms with Crippen LogP contribution in [0.5, 0.6) is 34.5 Å². The maximum Gasteiger partial charge on any atom is 0.246 e. The van der Waals surface area contributed by atoms with Crippen molar-refractivity contribution in [2.24, 2.45) is 0 Å². The van der Waals surface area contributed by atoms with Crippen LogP contribution in [0.1, 0.15) is 40.5 Å². The van der Waals surface area contributed by atoms with Crippen molar-refractivity contribution in [2.75, 3.05) is 26.3 Å². The molecule has 2 aromatic carbocycles.